The van der Waals surface area contributed by atoms with Gasteiger partial charge in [0.1, 0.15) is 0 Å². The van der Waals surface area contributed by atoms with Gasteiger partial charge in [-0.1, -0.05) is 23.7 Å². The van der Waals surface area contributed by atoms with E-state index in [9.17, 15) is 9.59 Å². The van der Waals surface area contributed by atoms with Crippen molar-refractivity contribution in [2.45, 2.75) is 31.3 Å². The molecule has 1 amide bonds. The molecule has 0 radical (unpaired) electrons. The van der Waals surface area contributed by atoms with E-state index in [-0.39, 0.29) is 36.7 Å². The number of amides is 1. The molecule has 110 valence electrons. The maximum Gasteiger partial charge on any atom is 0.307 e. The Balaban J connectivity index is 2.21. The van der Waals surface area contributed by atoms with Crippen LogP contribution in [0.4, 0.5) is 0 Å². The van der Waals surface area contributed by atoms with Gasteiger partial charge in [0.2, 0.25) is 5.91 Å². The minimum absolute atomic E-state index is 0.131. The van der Waals surface area contributed by atoms with Gasteiger partial charge in [-0.25, -0.2) is 0 Å². The number of hydrogen-bond donors (Lipinski definition) is 1. The lowest BCUT2D eigenvalue weighted by molar-refractivity contribution is -0.147. The van der Waals surface area contributed by atoms with Crippen LogP contribution < -0.4 is 5.32 Å². The molecule has 1 N–H and O–H groups in total. The summed E-state index contributed by atoms with van der Waals surface area (Å²) in [6.45, 7) is 3.86. The fraction of sp³-hybridized carbons (Fsp3) is 0.429. The summed E-state index contributed by atoms with van der Waals surface area (Å²) < 4.78 is 4.96. The topological polar surface area (TPSA) is 55.4 Å². The molecule has 0 spiro atoms. The Labute approximate surface area is 128 Å². The molecule has 0 atom stereocenters. The average Bonchev–Trinajstić information content (AvgIpc) is 2.37. The van der Waals surface area contributed by atoms with Gasteiger partial charge in [-0.05, 0) is 26.0 Å². The Hall–Kier alpha value is -1.20. The number of esters is 1. The van der Waals surface area contributed by atoms with Crippen molar-refractivity contribution in [3.8, 4) is 0 Å². The van der Waals surface area contributed by atoms with Crippen molar-refractivity contribution in [1.82, 2.24) is 5.32 Å². The molecule has 0 aliphatic heterocycles. The van der Waals surface area contributed by atoms with Crippen LogP contribution in [0.15, 0.2) is 29.2 Å². The lowest BCUT2D eigenvalue weighted by Crippen LogP contribution is -2.28. The predicted molar refractivity (Wildman–Crippen MR) is 81.0 cm³/mol. The van der Waals surface area contributed by atoms with Crippen LogP contribution in [0.2, 0.25) is 5.02 Å². The smallest absolute Gasteiger partial charge is 0.307 e. The lowest BCUT2D eigenvalue weighted by Gasteiger charge is -2.08. The Kier molecular flexibility index (Phi) is 7.47. The van der Waals surface area contributed by atoms with Crippen LogP contribution in [0.25, 0.3) is 0 Å². The Bertz CT molecular complexity index is 465. The van der Waals surface area contributed by atoms with Crippen molar-refractivity contribution in [3.05, 3.63) is 29.3 Å². The molecule has 0 fully saturated rings. The summed E-state index contributed by atoms with van der Waals surface area (Å²) in [7, 11) is 0. The van der Waals surface area contributed by atoms with E-state index in [1.54, 1.807) is 19.9 Å². The van der Waals surface area contributed by atoms with Crippen LogP contribution in [0.1, 0.15) is 20.3 Å². The van der Waals surface area contributed by atoms with Gasteiger partial charge < -0.3 is 10.1 Å². The molecule has 0 aliphatic rings. The van der Waals surface area contributed by atoms with Gasteiger partial charge >= 0.3 is 5.97 Å². The van der Waals surface area contributed by atoms with Crippen LogP contribution in [0.5, 0.6) is 0 Å². The molecule has 0 saturated carbocycles. The van der Waals surface area contributed by atoms with Crippen molar-refractivity contribution in [2.24, 2.45) is 0 Å². The molecule has 0 aliphatic carbocycles. The summed E-state index contributed by atoms with van der Waals surface area (Å²) in [6.07, 6.45) is 0.0507. The monoisotopic (exact) mass is 315 g/mol. The normalized spacial score (nSPS) is 10.4. The molecule has 0 bridgehead atoms. The zero-order valence-electron chi connectivity index (χ0n) is 11.5. The Morgan fingerprint density at radius 2 is 2.05 bits per heavy atom. The summed E-state index contributed by atoms with van der Waals surface area (Å²) >= 11 is 7.35. The number of rotatable bonds is 7. The van der Waals surface area contributed by atoms with Crippen LogP contribution in [0.3, 0.4) is 0 Å². The quantitative estimate of drug-likeness (QED) is 0.621. The molecule has 0 saturated heterocycles. The number of carbonyl (C=O) groups is 2. The number of hydrogen-bond acceptors (Lipinski definition) is 4. The van der Waals surface area contributed by atoms with E-state index in [1.807, 2.05) is 18.2 Å². The van der Waals surface area contributed by atoms with Gasteiger partial charge in [0, 0.05) is 11.4 Å². The number of benzene rings is 1. The highest BCUT2D eigenvalue weighted by molar-refractivity contribution is 8.00. The summed E-state index contributed by atoms with van der Waals surface area (Å²) in [5.41, 5.74) is 0. The summed E-state index contributed by atoms with van der Waals surface area (Å²) in [4.78, 5) is 23.7. The highest BCUT2D eigenvalue weighted by Crippen LogP contribution is 2.26. The molecular weight excluding hydrogens is 298 g/mol. The number of thioether (sulfide) groups is 1. The predicted octanol–water partition coefficient (Wildman–Crippen LogP) is 2.89. The highest BCUT2D eigenvalue weighted by atomic mass is 35.5. The zero-order valence-corrected chi connectivity index (χ0v) is 13.1. The molecule has 1 aromatic rings. The number of carbonyl (C=O) groups excluding carboxylic acids is 2. The molecule has 1 rings (SSSR count). The maximum absolute atomic E-state index is 11.6. The molecule has 4 nitrogen and oxygen atoms in total. The maximum atomic E-state index is 11.6. The zero-order chi connectivity index (χ0) is 15.0. The van der Waals surface area contributed by atoms with Gasteiger partial charge in [0.05, 0.1) is 23.3 Å². The first-order valence-corrected chi connectivity index (χ1v) is 7.69. The number of halogens is 1. The van der Waals surface area contributed by atoms with E-state index >= 15 is 0 Å². The first-order valence-electron chi connectivity index (χ1n) is 6.32. The van der Waals surface area contributed by atoms with Crippen molar-refractivity contribution in [2.75, 3.05) is 12.3 Å². The average molecular weight is 316 g/mol. The Morgan fingerprint density at radius 1 is 1.35 bits per heavy atom. The molecule has 0 heterocycles. The van der Waals surface area contributed by atoms with Crippen molar-refractivity contribution < 1.29 is 14.3 Å². The molecule has 0 unspecified atom stereocenters. The van der Waals surface area contributed by atoms with Gasteiger partial charge in [-0.2, -0.15) is 0 Å². The van der Waals surface area contributed by atoms with E-state index in [2.05, 4.69) is 5.32 Å². The summed E-state index contributed by atoms with van der Waals surface area (Å²) in [6, 6.07) is 7.35. The third-order valence-corrected chi connectivity index (χ3v) is 3.73. The number of nitrogens with one attached hydrogen (secondary N) is 1. The van der Waals surface area contributed by atoms with Crippen LogP contribution in [0, 0.1) is 0 Å². The van der Waals surface area contributed by atoms with Crippen LogP contribution >= 0.6 is 23.4 Å². The summed E-state index contributed by atoms with van der Waals surface area (Å²) in [5, 5.41) is 3.30. The third-order valence-electron chi connectivity index (χ3n) is 2.21. The van der Waals surface area contributed by atoms with Crippen molar-refractivity contribution >= 4 is 35.2 Å². The van der Waals surface area contributed by atoms with Crippen LogP contribution in [-0.4, -0.2) is 30.3 Å². The number of ether oxygens (including phenoxy) is 1. The molecular formula is C14H18ClNO3S. The van der Waals surface area contributed by atoms with E-state index in [0.29, 0.717) is 5.02 Å². The molecule has 6 heteroatoms. The SMILES string of the molecule is CC(C)OC(=O)CCNC(=O)CSc1ccccc1Cl. The third kappa shape index (κ3) is 6.82. The van der Waals surface area contributed by atoms with Crippen molar-refractivity contribution in [3.63, 3.8) is 0 Å². The van der Waals surface area contributed by atoms with E-state index < -0.39 is 0 Å². The summed E-state index contributed by atoms with van der Waals surface area (Å²) in [5.74, 6) is -0.172. The molecule has 20 heavy (non-hydrogen) atoms. The minimum Gasteiger partial charge on any atom is -0.463 e. The second-order valence-corrected chi connectivity index (χ2v) is 5.78. The van der Waals surface area contributed by atoms with E-state index in [1.165, 1.54) is 11.8 Å². The second-order valence-electron chi connectivity index (χ2n) is 4.36. The fourth-order valence-corrected chi connectivity index (χ4v) is 2.45. The van der Waals surface area contributed by atoms with Gasteiger partial charge in [0.15, 0.2) is 0 Å². The largest absolute Gasteiger partial charge is 0.463 e. The Morgan fingerprint density at radius 3 is 2.70 bits per heavy atom. The second kappa shape index (κ2) is 8.87. The van der Waals surface area contributed by atoms with Gasteiger partial charge in [0.25, 0.3) is 0 Å². The first-order chi connectivity index (χ1) is 9.49. The van der Waals surface area contributed by atoms with E-state index in [4.69, 9.17) is 16.3 Å². The van der Waals surface area contributed by atoms with Crippen LogP contribution in [-0.2, 0) is 14.3 Å². The lowest BCUT2D eigenvalue weighted by atomic mass is 10.4. The van der Waals surface area contributed by atoms with Crippen molar-refractivity contribution in [1.29, 1.82) is 0 Å². The van der Waals surface area contributed by atoms with Gasteiger partial charge in [-0.3, -0.25) is 9.59 Å². The fourth-order valence-electron chi connectivity index (χ4n) is 1.38. The molecule has 0 aromatic heterocycles. The van der Waals surface area contributed by atoms with E-state index in [0.717, 1.165) is 4.90 Å². The first kappa shape index (κ1) is 16.9. The minimum atomic E-state index is -0.306. The highest BCUT2D eigenvalue weighted by Gasteiger charge is 2.08. The molecule has 1 aromatic carbocycles. The van der Waals surface area contributed by atoms with Gasteiger partial charge in [-0.15, -0.1) is 11.8 Å². The standard InChI is InChI=1S/C14H18ClNO3S/c1-10(2)19-14(18)7-8-16-13(17)9-20-12-6-4-3-5-11(12)15/h3-6,10H,7-9H2,1-2H3,(H,16,17).